The van der Waals surface area contributed by atoms with Crippen molar-refractivity contribution >= 4 is 54.3 Å². The normalized spacial score (nSPS) is 12.3. The fourth-order valence-electron chi connectivity index (χ4n) is 7.17. The molecule has 9 aromatic rings. The second kappa shape index (κ2) is 9.55. The molecule has 0 atom stereocenters. The van der Waals surface area contributed by atoms with E-state index in [1.807, 2.05) is 12.1 Å². The lowest BCUT2D eigenvalue weighted by Crippen LogP contribution is -2.10. The Morgan fingerprint density at radius 2 is 0.978 bits per heavy atom. The molecule has 214 valence electrons. The van der Waals surface area contributed by atoms with Gasteiger partial charge in [-0.05, 0) is 108 Å². The van der Waals surface area contributed by atoms with Gasteiger partial charge in [-0.25, -0.2) is 0 Å². The van der Waals surface area contributed by atoms with E-state index >= 15 is 0 Å². The van der Waals surface area contributed by atoms with E-state index in [0.29, 0.717) is 0 Å². The molecule has 0 aliphatic heterocycles. The first kappa shape index (κ1) is 26.0. The summed E-state index contributed by atoms with van der Waals surface area (Å²) in [5.41, 5.74) is 10.6. The fourth-order valence-corrected chi connectivity index (χ4v) is 7.17. The molecule has 0 saturated heterocycles. The van der Waals surface area contributed by atoms with E-state index in [2.05, 4.69) is 148 Å². The van der Waals surface area contributed by atoms with Crippen molar-refractivity contribution < 1.29 is 4.42 Å². The summed E-state index contributed by atoms with van der Waals surface area (Å²) in [6.07, 6.45) is 0. The van der Waals surface area contributed by atoms with E-state index in [9.17, 15) is 0 Å². The van der Waals surface area contributed by atoms with Crippen LogP contribution in [0.1, 0.15) is 26.3 Å². The standard InChI is InChI=1S/C44H32O/c1-44(2,3)36-20-18-27(19-21-36)34-23-30-14-16-32-25-35(26-33-17-15-31(24-34)41(30)42(32)33)28-8-6-9-29(22-28)37-11-7-12-39-38-10-4-5-13-40(38)45-43(37)39/h4-26H,1-3H3. The van der Waals surface area contributed by atoms with Crippen LogP contribution in [0.15, 0.2) is 144 Å². The van der Waals surface area contributed by atoms with Gasteiger partial charge in [0.25, 0.3) is 0 Å². The molecule has 1 heteroatoms. The van der Waals surface area contributed by atoms with Crippen LogP contribution in [0.5, 0.6) is 0 Å². The van der Waals surface area contributed by atoms with E-state index in [1.165, 1.54) is 60.1 Å². The van der Waals surface area contributed by atoms with Crippen molar-refractivity contribution in [3.63, 3.8) is 0 Å². The molecule has 0 spiro atoms. The van der Waals surface area contributed by atoms with Crippen LogP contribution in [0.3, 0.4) is 0 Å². The van der Waals surface area contributed by atoms with Crippen LogP contribution in [0.4, 0.5) is 0 Å². The molecule has 0 amide bonds. The van der Waals surface area contributed by atoms with Crippen LogP contribution in [0.2, 0.25) is 0 Å². The van der Waals surface area contributed by atoms with Crippen LogP contribution < -0.4 is 0 Å². The summed E-state index contributed by atoms with van der Waals surface area (Å²) in [4.78, 5) is 0. The van der Waals surface area contributed by atoms with Gasteiger partial charge in [-0.2, -0.15) is 0 Å². The molecule has 1 nitrogen and oxygen atoms in total. The largest absolute Gasteiger partial charge is 0.455 e. The van der Waals surface area contributed by atoms with Gasteiger partial charge in [0.15, 0.2) is 0 Å². The van der Waals surface area contributed by atoms with E-state index in [0.717, 1.165) is 33.1 Å². The molecule has 1 aromatic heterocycles. The summed E-state index contributed by atoms with van der Waals surface area (Å²) < 4.78 is 6.37. The smallest absolute Gasteiger partial charge is 0.143 e. The molecule has 45 heavy (non-hydrogen) atoms. The summed E-state index contributed by atoms with van der Waals surface area (Å²) in [5.74, 6) is 0. The number of hydrogen-bond donors (Lipinski definition) is 0. The predicted molar refractivity (Wildman–Crippen MR) is 192 cm³/mol. The van der Waals surface area contributed by atoms with Crippen LogP contribution in [0, 0.1) is 0 Å². The van der Waals surface area contributed by atoms with E-state index < -0.39 is 0 Å². The van der Waals surface area contributed by atoms with E-state index in [-0.39, 0.29) is 5.41 Å². The SMILES string of the molecule is CC(C)(C)c1ccc(-c2cc3ccc4cc(-c5cccc(-c6cccc7c6oc6ccccc67)c5)cc5ccc(c2)c3c45)cc1. The highest BCUT2D eigenvalue weighted by atomic mass is 16.3. The van der Waals surface area contributed by atoms with Gasteiger partial charge in [-0.15, -0.1) is 0 Å². The summed E-state index contributed by atoms with van der Waals surface area (Å²) in [5, 5.41) is 10.1. The van der Waals surface area contributed by atoms with Crippen LogP contribution in [0.25, 0.3) is 87.6 Å². The van der Waals surface area contributed by atoms with Gasteiger partial charge in [-0.1, -0.05) is 124 Å². The molecule has 1 heterocycles. The Kier molecular flexibility index (Phi) is 5.53. The van der Waals surface area contributed by atoms with Crippen molar-refractivity contribution in [3.8, 4) is 33.4 Å². The minimum atomic E-state index is 0.148. The number of rotatable bonds is 3. The van der Waals surface area contributed by atoms with Crippen LogP contribution >= 0.6 is 0 Å². The Labute approximate surface area is 262 Å². The lowest BCUT2D eigenvalue weighted by atomic mass is 9.85. The molecule has 0 aliphatic rings. The highest BCUT2D eigenvalue weighted by Crippen LogP contribution is 2.41. The highest BCUT2D eigenvalue weighted by molar-refractivity contribution is 6.24. The molecule has 0 radical (unpaired) electrons. The Balaban J connectivity index is 1.15. The van der Waals surface area contributed by atoms with Crippen molar-refractivity contribution in [1.82, 2.24) is 0 Å². The quantitative estimate of drug-likeness (QED) is 0.191. The average molecular weight is 577 g/mol. The van der Waals surface area contributed by atoms with Gasteiger partial charge in [0.1, 0.15) is 11.2 Å². The van der Waals surface area contributed by atoms with Crippen molar-refractivity contribution in [2.75, 3.05) is 0 Å². The molecule has 0 fully saturated rings. The van der Waals surface area contributed by atoms with Gasteiger partial charge in [0.2, 0.25) is 0 Å². The first-order valence-electron chi connectivity index (χ1n) is 15.8. The zero-order valence-corrected chi connectivity index (χ0v) is 25.7. The van der Waals surface area contributed by atoms with Crippen molar-refractivity contribution in [3.05, 3.63) is 145 Å². The van der Waals surface area contributed by atoms with Crippen molar-refractivity contribution in [1.29, 1.82) is 0 Å². The molecule has 9 rings (SSSR count). The molecular weight excluding hydrogens is 544 g/mol. The van der Waals surface area contributed by atoms with E-state index in [4.69, 9.17) is 4.42 Å². The maximum absolute atomic E-state index is 6.37. The summed E-state index contributed by atoms with van der Waals surface area (Å²) in [6, 6.07) is 51.2. The summed E-state index contributed by atoms with van der Waals surface area (Å²) in [6.45, 7) is 6.79. The van der Waals surface area contributed by atoms with Gasteiger partial charge >= 0.3 is 0 Å². The number of furan rings is 1. The minimum absolute atomic E-state index is 0.148. The summed E-state index contributed by atoms with van der Waals surface area (Å²) in [7, 11) is 0. The molecule has 0 aliphatic carbocycles. The molecule has 8 aromatic carbocycles. The Morgan fingerprint density at radius 3 is 1.62 bits per heavy atom. The number of benzene rings is 8. The third-order valence-corrected chi connectivity index (χ3v) is 9.53. The Morgan fingerprint density at radius 1 is 0.422 bits per heavy atom. The molecule has 0 N–H and O–H groups in total. The van der Waals surface area contributed by atoms with Gasteiger partial charge in [0.05, 0.1) is 0 Å². The van der Waals surface area contributed by atoms with Crippen molar-refractivity contribution in [2.24, 2.45) is 0 Å². The molecule has 0 saturated carbocycles. The number of fused-ring (bicyclic) bond motifs is 3. The Bertz CT molecular complexity index is 2490. The van der Waals surface area contributed by atoms with E-state index in [1.54, 1.807) is 0 Å². The van der Waals surface area contributed by atoms with Gasteiger partial charge < -0.3 is 4.42 Å². The molecular formula is C44H32O. The van der Waals surface area contributed by atoms with Gasteiger partial charge in [-0.3, -0.25) is 0 Å². The highest BCUT2D eigenvalue weighted by Gasteiger charge is 2.16. The second-order valence-corrected chi connectivity index (χ2v) is 13.4. The minimum Gasteiger partial charge on any atom is -0.455 e. The molecule has 0 unspecified atom stereocenters. The van der Waals surface area contributed by atoms with Crippen molar-refractivity contribution in [2.45, 2.75) is 26.2 Å². The second-order valence-electron chi connectivity index (χ2n) is 13.4. The topological polar surface area (TPSA) is 13.1 Å². The first-order chi connectivity index (χ1) is 21.9. The zero-order valence-electron chi connectivity index (χ0n) is 25.7. The fraction of sp³-hybridized carbons (Fsp3) is 0.0909. The first-order valence-corrected chi connectivity index (χ1v) is 15.8. The lowest BCUT2D eigenvalue weighted by Gasteiger charge is -2.19. The monoisotopic (exact) mass is 576 g/mol. The van der Waals surface area contributed by atoms with Crippen LogP contribution in [-0.4, -0.2) is 0 Å². The number of para-hydroxylation sites is 2. The molecule has 0 bridgehead atoms. The van der Waals surface area contributed by atoms with Crippen LogP contribution in [-0.2, 0) is 5.41 Å². The zero-order chi connectivity index (χ0) is 30.3. The predicted octanol–water partition coefficient (Wildman–Crippen LogP) is 12.8. The maximum atomic E-state index is 6.37. The maximum Gasteiger partial charge on any atom is 0.143 e. The Hall–Kier alpha value is -5.40. The third-order valence-electron chi connectivity index (χ3n) is 9.53. The average Bonchev–Trinajstić information content (AvgIpc) is 3.45. The number of hydrogen-bond acceptors (Lipinski definition) is 1. The summed E-state index contributed by atoms with van der Waals surface area (Å²) >= 11 is 0. The van der Waals surface area contributed by atoms with Gasteiger partial charge in [0, 0.05) is 16.3 Å². The third kappa shape index (κ3) is 4.15. The lowest BCUT2D eigenvalue weighted by molar-refractivity contribution is 0.590.